The van der Waals surface area contributed by atoms with Gasteiger partial charge in [-0.15, -0.1) is 0 Å². The molecule has 0 aromatic heterocycles. The Balaban J connectivity index is 2.23. The average molecular weight is 267 g/mol. The monoisotopic (exact) mass is 267 g/mol. The molecule has 20 heavy (non-hydrogen) atoms. The number of hydrogen-bond acceptors (Lipinski definition) is 1. The van der Waals surface area contributed by atoms with Crippen LogP contribution in [-0.2, 0) is 6.42 Å². The molecule has 0 saturated heterocycles. The lowest BCUT2D eigenvalue weighted by Crippen LogP contribution is -2.11. The second-order valence-corrected chi connectivity index (χ2v) is 5.93. The molecule has 0 aliphatic heterocycles. The fourth-order valence-corrected chi connectivity index (χ4v) is 2.48. The van der Waals surface area contributed by atoms with Gasteiger partial charge in [-0.3, -0.25) is 0 Å². The van der Waals surface area contributed by atoms with Gasteiger partial charge in [0.2, 0.25) is 0 Å². The number of benzene rings is 2. The molecule has 1 unspecified atom stereocenters. The van der Waals surface area contributed by atoms with E-state index in [0.29, 0.717) is 12.0 Å². The standard InChI is InChI=1S/C19H25N/c1-14(2)12-16-6-5-7-19(13-16)18-10-8-17(9-11-18)15(3)20-4/h5-11,13-15,20H,12H2,1-4H3. The minimum atomic E-state index is 0.399. The third-order valence-corrected chi connectivity index (χ3v) is 3.75. The van der Waals surface area contributed by atoms with Crippen molar-refractivity contribution in [1.82, 2.24) is 5.32 Å². The van der Waals surface area contributed by atoms with Crippen molar-refractivity contribution in [1.29, 1.82) is 0 Å². The molecular formula is C19H25N. The van der Waals surface area contributed by atoms with Crippen LogP contribution in [0.25, 0.3) is 11.1 Å². The number of nitrogens with one attached hydrogen (secondary N) is 1. The summed E-state index contributed by atoms with van der Waals surface area (Å²) in [5, 5.41) is 3.27. The molecule has 1 N–H and O–H groups in total. The smallest absolute Gasteiger partial charge is 0.0289 e. The van der Waals surface area contributed by atoms with E-state index in [1.54, 1.807) is 0 Å². The molecule has 2 rings (SSSR count). The highest BCUT2D eigenvalue weighted by Crippen LogP contribution is 2.23. The normalized spacial score (nSPS) is 12.7. The molecule has 1 heteroatoms. The molecule has 0 aliphatic rings. The van der Waals surface area contributed by atoms with E-state index in [4.69, 9.17) is 0 Å². The first kappa shape index (κ1) is 14.8. The summed E-state index contributed by atoms with van der Waals surface area (Å²) in [5.74, 6) is 0.698. The molecule has 1 atom stereocenters. The fraction of sp³-hybridized carbons (Fsp3) is 0.368. The van der Waals surface area contributed by atoms with Gasteiger partial charge in [-0.1, -0.05) is 62.4 Å². The Bertz CT molecular complexity index is 540. The van der Waals surface area contributed by atoms with Crippen molar-refractivity contribution >= 4 is 0 Å². The summed E-state index contributed by atoms with van der Waals surface area (Å²) in [5.41, 5.74) is 5.36. The van der Waals surface area contributed by atoms with Gasteiger partial charge in [-0.2, -0.15) is 0 Å². The Labute approximate surface area is 123 Å². The zero-order chi connectivity index (χ0) is 14.5. The van der Waals surface area contributed by atoms with Crippen molar-refractivity contribution < 1.29 is 0 Å². The van der Waals surface area contributed by atoms with Crippen LogP contribution in [0, 0.1) is 5.92 Å². The van der Waals surface area contributed by atoms with Gasteiger partial charge in [0.15, 0.2) is 0 Å². The zero-order valence-electron chi connectivity index (χ0n) is 13.0. The second kappa shape index (κ2) is 6.71. The van der Waals surface area contributed by atoms with Crippen LogP contribution >= 0.6 is 0 Å². The Morgan fingerprint density at radius 1 is 0.900 bits per heavy atom. The van der Waals surface area contributed by atoms with Gasteiger partial charge in [0.1, 0.15) is 0 Å². The first-order valence-corrected chi connectivity index (χ1v) is 7.46. The van der Waals surface area contributed by atoms with Crippen molar-refractivity contribution in [3.05, 3.63) is 59.7 Å². The van der Waals surface area contributed by atoms with E-state index in [-0.39, 0.29) is 0 Å². The molecule has 1 nitrogen and oxygen atoms in total. The molecule has 0 radical (unpaired) electrons. The Morgan fingerprint density at radius 3 is 2.20 bits per heavy atom. The maximum Gasteiger partial charge on any atom is 0.0289 e. The van der Waals surface area contributed by atoms with Crippen LogP contribution < -0.4 is 5.32 Å². The second-order valence-electron chi connectivity index (χ2n) is 5.93. The summed E-state index contributed by atoms with van der Waals surface area (Å²) in [6.45, 7) is 6.71. The topological polar surface area (TPSA) is 12.0 Å². The number of hydrogen-bond donors (Lipinski definition) is 1. The molecule has 0 bridgehead atoms. The molecule has 0 spiro atoms. The molecule has 2 aromatic carbocycles. The molecule has 0 aliphatic carbocycles. The summed E-state index contributed by atoms with van der Waals surface area (Å²) in [4.78, 5) is 0. The van der Waals surface area contributed by atoms with Crippen LogP contribution in [0.3, 0.4) is 0 Å². The van der Waals surface area contributed by atoms with E-state index < -0.39 is 0 Å². The van der Waals surface area contributed by atoms with Gasteiger partial charge in [0.05, 0.1) is 0 Å². The minimum absolute atomic E-state index is 0.399. The third-order valence-electron chi connectivity index (χ3n) is 3.75. The molecule has 2 aromatic rings. The van der Waals surface area contributed by atoms with Crippen molar-refractivity contribution in [3.8, 4) is 11.1 Å². The lowest BCUT2D eigenvalue weighted by atomic mass is 9.97. The summed E-state index contributed by atoms with van der Waals surface area (Å²) in [7, 11) is 1.99. The highest BCUT2D eigenvalue weighted by atomic mass is 14.8. The highest BCUT2D eigenvalue weighted by Gasteiger charge is 2.04. The van der Waals surface area contributed by atoms with Gasteiger partial charge in [-0.25, -0.2) is 0 Å². The van der Waals surface area contributed by atoms with E-state index in [1.165, 1.54) is 22.3 Å². The molecule has 106 valence electrons. The lowest BCUT2D eigenvalue weighted by molar-refractivity contribution is 0.647. The van der Waals surface area contributed by atoms with Crippen molar-refractivity contribution in [2.75, 3.05) is 7.05 Å². The average Bonchev–Trinajstić information content (AvgIpc) is 2.46. The summed E-state index contributed by atoms with van der Waals surface area (Å²) in [6.07, 6.45) is 1.14. The molecule has 0 fully saturated rings. The van der Waals surface area contributed by atoms with Crippen LogP contribution in [0.5, 0.6) is 0 Å². The van der Waals surface area contributed by atoms with Gasteiger partial charge in [0, 0.05) is 6.04 Å². The van der Waals surface area contributed by atoms with E-state index in [0.717, 1.165) is 6.42 Å². The molecule has 0 heterocycles. The van der Waals surface area contributed by atoms with Crippen LogP contribution in [0.4, 0.5) is 0 Å². The van der Waals surface area contributed by atoms with E-state index in [2.05, 4.69) is 74.6 Å². The van der Waals surface area contributed by atoms with Crippen LogP contribution in [-0.4, -0.2) is 7.05 Å². The Morgan fingerprint density at radius 2 is 1.60 bits per heavy atom. The maximum atomic E-state index is 3.27. The van der Waals surface area contributed by atoms with Gasteiger partial charge in [-0.05, 0) is 48.6 Å². The first-order valence-electron chi connectivity index (χ1n) is 7.46. The quantitative estimate of drug-likeness (QED) is 0.818. The first-order chi connectivity index (χ1) is 9.60. The van der Waals surface area contributed by atoms with Gasteiger partial charge < -0.3 is 5.32 Å². The Kier molecular flexibility index (Phi) is 4.97. The zero-order valence-corrected chi connectivity index (χ0v) is 13.0. The summed E-state index contributed by atoms with van der Waals surface area (Å²) < 4.78 is 0. The summed E-state index contributed by atoms with van der Waals surface area (Å²) >= 11 is 0. The largest absolute Gasteiger partial charge is 0.313 e. The van der Waals surface area contributed by atoms with Crippen LogP contribution in [0.15, 0.2) is 48.5 Å². The Hall–Kier alpha value is -1.60. The van der Waals surface area contributed by atoms with Crippen LogP contribution in [0.1, 0.15) is 37.9 Å². The van der Waals surface area contributed by atoms with Crippen molar-refractivity contribution in [3.63, 3.8) is 0 Å². The molecule has 0 amide bonds. The van der Waals surface area contributed by atoms with Gasteiger partial charge >= 0.3 is 0 Å². The van der Waals surface area contributed by atoms with E-state index in [1.807, 2.05) is 7.05 Å². The molecule has 0 saturated carbocycles. The lowest BCUT2D eigenvalue weighted by Gasteiger charge is -2.12. The SMILES string of the molecule is CNC(C)c1ccc(-c2cccc(CC(C)C)c2)cc1. The van der Waals surface area contributed by atoms with E-state index in [9.17, 15) is 0 Å². The van der Waals surface area contributed by atoms with Crippen LogP contribution in [0.2, 0.25) is 0 Å². The minimum Gasteiger partial charge on any atom is -0.313 e. The van der Waals surface area contributed by atoms with E-state index >= 15 is 0 Å². The van der Waals surface area contributed by atoms with Crippen molar-refractivity contribution in [2.24, 2.45) is 5.92 Å². The predicted molar refractivity (Wildman–Crippen MR) is 87.9 cm³/mol. The third kappa shape index (κ3) is 3.71. The predicted octanol–water partition coefficient (Wildman–Crippen LogP) is 4.83. The van der Waals surface area contributed by atoms with Crippen molar-refractivity contribution in [2.45, 2.75) is 33.2 Å². The molecular weight excluding hydrogens is 242 g/mol. The highest BCUT2D eigenvalue weighted by molar-refractivity contribution is 5.64. The maximum absolute atomic E-state index is 3.27. The van der Waals surface area contributed by atoms with Gasteiger partial charge in [0.25, 0.3) is 0 Å². The number of rotatable bonds is 5. The summed E-state index contributed by atoms with van der Waals surface area (Å²) in [6, 6.07) is 18.2. The fourth-order valence-electron chi connectivity index (χ4n) is 2.48.